The van der Waals surface area contributed by atoms with Gasteiger partial charge in [-0.1, -0.05) is 96.1 Å². The minimum atomic E-state index is -0.328. The number of hydrogen-bond acceptors (Lipinski definition) is 3. The molecule has 0 saturated carbocycles. The first-order valence-corrected chi connectivity index (χ1v) is 14.3. The summed E-state index contributed by atoms with van der Waals surface area (Å²) >= 11 is 0. The van der Waals surface area contributed by atoms with Gasteiger partial charge in [-0.25, -0.2) is 0 Å². The minimum absolute atomic E-state index is 0.112. The van der Waals surface area contributed by atoms with Crippen LogP contribution >= 0.6 is 0 Å². The van der Waals surface area contributed by atoms with Gasteiger partial charge in [0.15, 0.2) is 6.61 Å². The molecule has 1 aliphatic rings. The molecular formula is C31H53N2O2+. The monoisotopic (exact) mass is 485 g/mol. The maximum absolute atomic E-state index is 10.0. The molecule has 2 rings (SSSR count). The quantitative estimate of drug-likeness (QED) is 0.163. The van der Waals surface area contributed by atoms with Gasteiger partial charge in [-0.05, 0) is 30.2 Å². The van der Waals surface area contributed by atoms with E-state index in [1.165, 1.54) is 89.2 Å². The average molecular weight is 486 g/mol. The summed E-state index contributed by atoms with van der Waals surface area (Å²) in [5, 5.41) is 10.0. The largest absolute Gasteiger partial charge is 0.437 e. The fourth-order valence-electron chi connectivity index (χ4n) is 4.82. The highest BCUT2D eigenvalue weighted by molar-refractivity contribution is 5.89. The second-order valence-electron chi connectivity index (χ2n) is 10.8. The van der Waals surface area contributed by atoms with Crippen molar-refractivity contribution >= 4 is 17.7 Å². The molecule has 0 aliphatic carbocycles. The van der Waals surface area contributed by atoms with E-state index in [0.29, 0.717) is 6.61 Å². The van der Waals surface area contributed by atoms with Crippen LogP contribution in [-0.2, 0) is 4.74 Å². The molecule has 1 aliphatic heterocycles. The number of benzene rings is 1. The number of aliphatic hydroxyl groups excluding tert-OH is 1. The summed E-state index contributed by atoms with van der Waals surface area (Å²) in [7, 11) is 4.11. The lowest BCUT2D eigenvalue weighted by atomic mass is 10.0. The molecule has 1 unspecified atom stereocenters. The van der Waals surface area contributed by atoms with Crippen molar-refractivity contribution in [2.75, 3.05) is 38.8 Å². The summed E-state index contributed by atoms with van der Waals surface area (Å²) in [5.41, 5.74) is 2.02. The number of hydrogen-bond donors (Lipinski definition) is 1. The maximum atomic E-state index is 10.0. The van der Waals surface area contributed by atoms with E-state index in [4.69, 9.17) is 4.74 Å². The number of unbranched alkanes of at least 4 members (excludes halogenated alkanes) is 13. The first-order chi connectivity index (χ1) is 17.0. The summed E-state index contributed by atoms with van der Waals surface area (Å²) < 4.78 is 8.29. The number of nitrogens with zero attached hydrogens (tertiary/aromatic N) is 2. The van der Waals surface area contributed by atoms with Crippen LogP contribution in [0.15, 0.2) is 30.3 Å². The van der Waals surface area contributed by atoms with Crippen molar-refractivity contribution in [3.63, 3.8) is 0 Å². The van der Waals surface area contributed by atoms with Gasteiger partial charge in [-0.15, -0.1) is 0 Å². The topological polar surface area (TPSA) is 35.7 Å². The highest BCUT2D eigenvalue weighted by Crippen LogP contribution is 2.21. The van der Waals surface area contributed by atoms with E-state index < -0.39 is 0 Å². The van der Waals surface area contributed by atoms with Gasteiger partial charge in [0.05, 0.1) is 6.08 Å². The third kappa shape index (κ3) is 10.8. The van der Waals surface area contributed by atoms with Crippen molar-refractivity contribution in [1.82, 2.24) is 0 Å². The molecule has 0 radical (unpaired) electrons. The molecule has 0 saturated heterocycles. The lowest BCUT2D eigenvalue weighted by molar-refractivity contribution is -0.596. The Labute approximate surface area is 216 Å². The molecule has 0 amide bonds. The second-order valence-corrected chi connectivity index (χ2v) is 10.8. The van der Waals surface area contributed by atoms with Gasteiger partial charge in [-0.3, -0.25) is 0 Å². The zero-order chi connectivity index (χ0) is 25.4. The van der Waals surface area contributed by atoms with E-state index in [9.17, 15) is 5.11 Å². The molecule has 1 aromatic rings. The molecule has 0 spiro atoms. The number of ether oxygens (including phenoxy) is 1. The van der Waals surface area contributed by atoms with Gasteiger partial charge >= 0.3 is 5.90 Å². The van der Waals surface area contributed by atoms with Crippen molar-refractivity contribution in [2.24, 2.45) is 0 Å². The minimum Gasteiger partial charge on any atom is -0.437 e. The molecule has 1 aromatic carbocycles. The first kappa shape index (κ1) is 29.4. The van der Waals surface area contributed by atoms with Crippen molar-refractivity contribution in [2.45, 2.75) is 109 Å². The third-order valence-electron chi connectivity index (χ3n) is 7.35. The summed E-state index contributed by atoms with van der Waals surface area (Å²) in [6.45, 7) is 5.98. The predicted octanol–water partition coefficient (Wildman–Crippen LogP) is 7.44. The SMILES string of the molecule is CCCCCCCCCCCCCCCC[N+]1=C(C=Cc2ccc(N(C)C)cc2)OCC1(C)CO. The summed E-state index contributed by atoms with van der Waals surface area (Å²) in [5.74, 6) is 0.882. The molecule has 0 fully saturated rings. The van der Waals surface area contributed by atoms with Gasteiger partial charge in [0.2, 0.25) is 5.54 Å². The summed E-state index contributed by atoms with van der Waals surface area (Å²) in [4.78, 5) is 2.10. The molecule has 35 heavy (non-hydrogen) atoms. The molecule has 0 aromatic heterocycles. The predicted molar refractivity (Wildman–Crippen MR) is 152 cm³/mol. The Balaban J connectivity index is 1.68. The molecular weight excluding hydrogens is 432 g/mol. The summed E-state index contributed by atoms with van der Waals surface area (Å²) in [6, 6.07) is 8.52. The average Bonchev–Trinajstić information content (AvgIpc) is 3.19. The second kappa shape index (κ2) is 16.8. The van der Waals surface area contributed by atoms with Crippen LogP contribution in [0.4, 0.5) is 5.69 Å². The highest BCUT2D eigenvalue weighted by Gasteiger charge is 2.44. The number of aliphatic hydroxyl groups is 1. The molecule has 4 nitrogen and oxygen atoms in total. The Kier molecular flexibility index (Phi) is 14.1. The van der Waals surface area contributed by atoms with E-state index in [0.717, 1.165) is 24.4 Å². The third-order valence-corrected chi connectivity index (χ3v) is 7.35. The van der Waals surface area contributed by atoms with E-state index in [1.807, 2.05) is 0 Å². The van der Waals surface area contributed by atoms with Crippen LogP contribution in [0, 0.1) is 0 Å². The number of rotatable bonds is 19. The Bertz CT molecular complexity index is 754. The van der Waals surface area contributed by atoms with Crippen molar-refractivity contribution in [3.8, 4) is 0 Å². The van der Waals surface area contributed by atoms with Crippen molar-refractivity contribution < 1.29 is 14.4 Å². The lowest BCUT2D eigenvalue weighted by Gasteiger charge is -2.17. The van der Waals surface area contributed by atoms with Crippen LogP contribution in [0.5, 0.6) is 0 Å². The first-order valence-electron chi connectivity index (χ1n) is 14.3. The zero-order valence-electron chi connectivity index (χ0n) is 23.2. The molecule has 0 bridgehead atoms. The van der Waals surface area contributed by atoms with E-state index in [2.05, 4.69) is 73.8 Å². The van der Waals surface area contributed by atoms with Crippen LogP contribution in [0.3, 0.4) is 0 Å². The normalized spacial score (nSPS) is 18.0. The van der Waals surface area contributed by atoms with Gasteiger partial charge in [-0.2, -0.15) is 4.58 Å². The standard InChI is InChI=1S/C31H53N2O2/c1-5-6-7-8-9-10-11-12-13-14-15-16-17-18-25-33-30(35-27-31(33,2)26-34)24-21-28-19-22-29(23-20-28)32(3)4/h19-24,34H,5-18,25-27H2,1-4H3/q+1. The van der Waals surface area contributed by atoms with Gasteiger partial charge in [0.1, 0.15) is 13.2 Å². The lowest BCUT2D eigenvalue weighted by Crippen LogP contribution is -2.43. The summed E-state index contributed by atoms with van der Waals surface area (Å²) in [6.07, 6.45) is 23.3. The van der Waals surface area contributed by atoms with Crippen molar-refractivity contribution in [1.29, 1.82) is 0 Å². The van der Waals surface area contributed by atoms with Gasteiger partial charge in [0.25, 0.3) is 0 Å². The Morgan fingerprint density at radius 3 is 1.83 bits per heavy atom. The highest BCUT2D eigenvalue weighted by atomic mass is 16.5. The van der Waals surface area contributed by atoms with Gasteiger partial charge < -0.3 is 14.7 Å². The van der Waals surface area contributed by atoms with Crippen LogP contribution in [0.25, 0.3) is 6.08 Å². The Hall–Kier alpha value is -1.81. The fourth-order valence-corrected chi connectivity index (χ4v) is 4.82. The maximum Gasteiger partial charge on any atom is 0.363 e. The molecule has 198 valence electrons. The van der Waals surface area contributed by atoms with E-state index in [1.54, 1.807) is 0 Å². The van der Waals surface area contributed by atoms with Crippen molar-refractivity contribution in [3.05, 3.63) is 35.9 Å². The van der Waals surface area contributed by atoms with Gasteiger partial charge in [0, 0.05) is 33.1 Å². The number of anilines is 1. The molecule has 4 heteroatoms. The smallest absolute Gasteiger partial charge is 0.363 e. The van der Waals surface area contributed by atoms with Crippen LogP contribution in [-0.4, -0.2) is 55.0 Å². The van der Waals surface area contributed by atoms with Crippen LogP contribution in [0.2, 0.25) is 0 Å². The Morgan fingerprint density at radius 1 is 0.829 bits per heavy atom. The van der Waals surface area contributed by atoms with Crippen LogP contribution < -0.4 is 4.90 Å². The van der Waals surface area contributed by atoms with E-state index in [-0.39, 0.29) is 12.1 Å². The molecule has 1 atom stereocenters. The van der Waals surface area contributed by atoms with Crippen LogP contribution in [0.1, 0.15) is 109 Å². The molecule has 1 heterocycles. The van der Waals surface area contributed by atoms with E-state index >= 15 is 0 Å². The zero-order valence-corrected chi connectivity index (χ0v) is 23.2. The molecule has 1 N–H and O–H groups in total. The Morgan fingerprint density at radius 2 is 1.34 bits per heavy atom. The fraction of sp³-hybridized carbons (Fsp3) is 0.710.